The zero-order chi connectivity index (χ0) is 43.2. The summed E-state index contributed by atoms with van der Waals surface area (Å²) in [7, 11) is 0. The van der Waals surface area contributed by atoms with Crippen molar-refractivity contribution in [3.63, 3.8) is 0 Å². The number of nitrogens with one attached hydrogen (secondary N) is 8. The van der Waals surface area contributed by atoms with Crippen LogP contribution >= 0.6 is 11.8 Å². The van der Waals surface area contributed by atoms with Crippen molar-refractivity contribution in [2.45, 2.75) is 155 Å². The number of H-pyrrole nitrogens is 1. The first-order valence-electron chi connectivity index (χ1n) is 20.9. The zero-order valence-electron chi connectivity index (χ0n) is 36.4. The van der Waals surface area contributed by atoms with Crippen LogP contribution in [0.2, 0.25) is 0 Å². The Balaban J connectivity index is 1.82. The van der Waals surface area contributed by atoms with Gasteiger partial charge in [-0.15, -0.1) is 11.8 Å². The molecular formula is C43H68N8O6S. The highest BCUT2D eigenvalue weighted by molar-refractivity contribution is 8.00. The fourth-order valence-electron chi connectivity index (χ4n) is 7.64. The van der Waals surface area contributed by atoms with Gasteiger partial charge in [0.25, 0.3) is 0 Å². The van der Waals surface area contributed by atoms with Gasteiger partial charge in [0.15, 0.2) is 0 Å². The molecule has 2 bridgehead atoms. The predicted octanol–water partition coefficient (Wildman–Crippen LogP) is 3.50. The van der Waals surface area contributed by atoms with Gasteiger partial charge in [-0.25, -0.2) is 0 Å². The molecule has 2 fully saturated rings. The van der Waals surface area contributed by atoms with Crippen LogP contribution in [0.3, 0.4) is 0 Å². The molecule has 8 N–H and O–H groups in total. The SMILES string of the molecule is CCC1SC2NC1C(=O)NC(C(C)(C)C)C(=O)NC(Cc1c[nH]c3ccccc13)C(=O)NC(CC(C)C)C(=O)NC(C(C)C)C(=O)NC(C(C)C)C(=O)NC2C(C)C. The molecule has 6 amide bonds. The van der Waals surface area contributed by atoms with Crippen molar-refractivity contribution in [1.82, 2.24) is 42.2 Å². The fourth-order valence-corrected chi connectivity index (χ4v) is 9.34. The maximum absolute atomic E-state index is 14.5. The number of aromatic amines is 1. The maximum atomic E-state index is 14.5. The molecule has 1 aromatic carbocycles. The summed E-state index contributed by atoms with van der Waals surface area (Å²) in [6, 6.07) is 1.37. The second-order valence-corrected chi connectivity index (χ2v) is 19.9. The van der Waals surface area contributed by atoms with Crippen LogP contribution in [-0.2, 0) is 35.2 Å². The quantitative estimate of drug-likeness (QED) is 0.198. The molecule has 0 radical (unpaired) electrons. The van der Waals surface area contributed by atoms with Crippen LogP contribution in [0.15, 0.2) is 30.5 Å². The molecule has 15 heteroatoms. The lowest BCUT2D eigenvalue weighted by Crippen LogP contribution is -2.62. The van der Waals surface area contributed by atoms with Crippen molar-refractivity contribution in [3.05, 3.63) is 36.0 Å². The molecule has 2 aromatic rings. The fraction of sp³-hybridized carbons (Fsp3) is 0.674. The number of fused-ring (bicyclic) bond motifs is 3. The lowest BCUT2D eigenvalue weighted by atomic mass is 9.85. The highest BCUT2D eigenvalue weighted by Gasteiger charge is 2.45. The van der Waals surface area contributed by atoms with Crippen molar-refractivity contribution in [1.29, 1.82) is 0 Å². The Hall–Kier alpha value is -4.11. The summed E-state index contributed by atoms with van der Waals surface area (Å²) >= 11 is 1.57. The topological polar surface area (TPSA) is 202 Å². The summed E-state index contributed by atoms with van der Waals surface area (Å²) in [5.41, 5.74) is 0.880. The van der Waals surface area contributed by atoms with E-state index in [9.17, 15) is 28.8 Å². The predicted molar refractivity (Wildman–Crippen MR) is 229 cm³/mol. The Morgan fingerprint density at radius 1 is 0.655 bits per heavy atom. The van der Waals surface area contributed by atoms with E-state index in [2.05, 4.69) is 42.2 Å². The van der Waals surface area contributed by atoms with Gasteiger partial charge in [0.1, 0.15) is 30.2 Å². The molecular weight excluding hydrogens is 757 g/mol. The third kappa shape index (κ3) is 11.5. The number of hydrogen-bond donors (Lipinski definition) is 8. The second-order valence-electron chi connectivity index (χ2n) is 18.5. The Morgan fingerprint density at radius 2 is 1.22 bits per heavy atom. The monoisotopic (exact) mass is 824 g/mol. The summed E-state index contributed by atoms with van der Waals surface area (Å²) in [6.45, 7) is 22.7. The molecule has 58 heavy (non-hydrogen) atoms. The molecule has 2 aliphatic rings. The molecule has 0 spiro atoms. The first kappa shape index (κ1) is 46.6. The highest BCUT2D eigenvalue weighted by atomic mass is 32.2. The van der Waals surface area contributed by atoms with Gasteiger partial charge < -0.3 is 36.9 Å². The van der Waals surface area contributed by atoms with Crippen LogP contribution in [0.1, 0.15) is 101 Å². The number of benzene rings is 1. The van der Waals surface area contributed by atoms with E-state index < -0.39 is 71.3 Å². The average molecular weight is 825 g/mol. The van der Waals surface area contributed by atoms with E-state index >= 15 is 0 Å². The van der Waals surface area contributed by atoms with Crippen LogP contribution < -0.4 is 37.2 Å². The van der Waals surface area contributed by atoms with Gasteiger partial charge in [-0.2, -0.15) is 0 Å². The minimum absolute atomic E-state index is 0.0315. The van der Waals surface area contributed by atoms with Crippen LogP contribution in [0.25, 0.3) is 10.9 Å². The first-order chi connectivity index (χ1) is 27.1. The van der Waals surface area contributed by atoms with Crippen LogP contribution in [0.4, 0.5) is 0 Å². The third-order valence-corrected chi connectivity index (χ3v) is 12.7. The molecule has 4 rings (SSSR count). The van der Waals surface area contributed by atoms with Gasteiger partial charge in [0.2, 0.25) is 35.4 Å². The number of thioether (sulfide) groups is 1. The Morgan fingerprint density at radius 3 is 1.79 bits per heavy atom. The molecule has 9 atom stereocenters. The summed E-state index contributed by atoms with van der Waals surface area (Å²) in [4.78, 5) is 88.6. The van der Waals surface area contributed by atoms with E-state index in [0.717, 1.165) is 16.5 Å². The minimum atomic E-state index is -1.14. The molecule has 0 saturated carbocycles. The second kappa shape index (κ2) is 19.8. The van der Waals surface area contributed by atoms with E-state index in [-0.39, 0.29) is 59.0 Å². The van der Waals surface area contributed by atoms with Gasteiger partial charge in [-0.05, 0) is 53.6 Å². The molecule has 322 valence electrons. The molecule has 0 aliphatic carbocycles. The first-order valence-corrected chi connectivity index (χ1v) is 21.9. The van der Waals surface area contributed by atoms with Gasteiger partial charge >= 0.3 is 0 Å². The van der Waals surface area contributed by atoms with E-state index in [1.807, 2.05) is 93.5 Å². The number of aromatic nitrogens is 1. The number of amides is 6. The molecule has 9 unspecified atom stereocenters. The lowest BCUT2D eigenvalue weighted by molar-refractivity contribution is -0.136. The number of rotatable bonds is 8. The summed E-state index contributed by atoms with van der Waals surface area (Å²) in [5, 5.41) is 21.7. The van der Waals surface area contributed by atoms with E-state index in [4.69, 9.17) is 0 Å². The molecule has 1 aromatic heterocycles. The normalized spacial score (nSPS) is 28.9. The van der Waals surface area contributed by atoms with Crippen LogP contribution in [-0.4, -0.2) is 93.3 Å². The summed E-state index contributed by atoms with van der Waals surface area (Å²) in [6.07, 6.45) is 2.79. The minimum Gasteiger partial charge on any atom is -0.361 e. The number of hydrogen-bond acceptors (Lipinski definition) is 8. The van der Waals surface area contributed by atoms with E-state index in [1.54, 1.807) is 31.8 Å². The molecule has 2 aliphatic heterocycles. The largest absolute Gasteiger partial charge is 0.361 e. The molecule has 3 heterocycles. The van der Waals surface area contributed by atoms with Gasteiger partial charge in [0.05, 0.1) is 17.5 Å². The van der Waals surface area contributed by atoms with Gasteiger partial charge in [-0.3, -0.25) is 34.1 Å². The van der Waals surface area contributed by atoms with Gasteiger partial charge in [-0.1, -0.05) is 101 Å². The van der Waals surface area contributed by atoms with Crippen molar-refractivity contribution in [3.8, 4) is 0 Å². The number of para-hydroxylation sites is 1. The standard InChI is InChI=1S/C43H68N8O6S/c1-13-30-34-40(56)51-35(43(10,11)12)41(57)46-29(19-25-20-44-27-17-15-14-16-26(25)27)36(52)45-28(18-21(2)3)37(53)47-31(22(4)5)38(54)48-32(23(6)7)39(55)49-33(24(8)9)42(50-34)58-30/h14-17,20-24,28-35,42,44,50H,13,18-19H2,1-12H3,(H,45,52)(H,46,57)(H,47,53)(H,48,54)(H,49,55)(H,51,56). The average Bonchev–Trinajstić information content (AvgIpc) is 3.76. The Labute approximate surface area is 348 Å². The van der Waals surface area contributed by atoms with Crippen molar-refractivity contribution in [2.24, 2.45) is 29.1 Å². The number of carbonyl (C=O) groups excluding carboxylic acids is 6. The molecule has 14 nitrogen and oxygen atoms in total. The smallest absolute Gasteiger partial charge is 0.243 e. The third-order valence-electron chi connectivity index (χ3n) is 11.1. The van der Waals surface area contributed by atoms with Crippen molar-refractivity contribution < 1.29 is 28.8 Å². The van der Waals surface area contributed by atoms with Crippen molar-refractivity contribution in [2.75, 3.05) is 0 Å². The highest BCUT2D eigenvalue weighted by Crippen LogP contribution is 2.34. The molecule has 2 saturated heterocycles. The van der Waals surface area contributed by atoms with Crippen molar-refractivity contribution >= 4 is 58.1 Å². The van der Waals surface area contributed by atoms with Gasteiger partial charge in [0, 0.05) is 28.8 Å². The van der Waals surface area contributed by atoms with Crippen LogP contribution in [0.5, 0.6) is 0 Å². The Bertz CT molecular complexity index is 1790. The van der Waals surface area contributed by atoms with E-state index in [1.165, 1.54) is 0 Å². The zero-order valence-corrected chi connectivity index (χ0v) is 37.2. The van der Waals surface area contributed by atoms with E-state index in [0.29, 0.717) is 6.42 Å². The summed E-state index contributed by atoms with van der Waals surface area (Å²) < 4.78 is 0. The Kier molecular flexibility index (Phi) is 15.9. The number of carbonyl (C=O) groups is 6. The van der Waals surface area contributed by atoms with Crippen LogP contribution in [0, 0.1) is 29.1 Å². The lowest BCUT2D eigenvalue weighted by Gasteiger charge is -2.33. The summed E-state index contributed by atoms with van der Waals surface area (Å²) in [5.74, 6) is -3.70. The maximum Gasteiger partial charge on any atom is 0.243 e.